The minimum absolute atomic E-state index is 0.168. The molecular formula is C24H18O2. The molecule has 1 atom stereocenters. The zero-order chi connectivity index (χ0) is 18.0. The van der Waals surface area contributed by atoms with E-state index in [9.17, 15) is 9.90 Å². The minimum Gasteiger partial charge on any atom is -0.376 e. The number of carbonyl (C=O) groups excluding carboxylic acids is 1. The van der Waals surface area contributed by atoms with E-state index in [-0.39, 0.29) is 5.78 Å². The molecule has 2 heteroatoms. The first kappa shape index (κ1) is 16.2. The van der Waals surface area contributed by atoms with E-state index in [0.29, 0.717) is 16.7 Å². The summed E-state index contributed by atoms with van der Waals surface area (Å²) in [5.74, 6) is -0.168. The first-order chi connectivity index (χ1) is 12.7. The van der Waals surface area contributed by atoms with Gasteiger partial charge in [0.25, 0.3) is 0 Å². The maximum Gasteiger partial charge on any atom is 0.185 e. The number of allylic oxidation sites excluding steroid dienone is 1. The van der Waals surface area contributed by atoms with Gasteiger partial charge in [0, 0.05) is 11.1 Å². The summed E-state index contributed by atoms with van der Waals surface area (Å²) >= 11 is 0. The number of carbonyl (C=O) groups is 1. The van der Waals surface area contributed by atoms with Gasteiger partial charge in [-0.25, -0.2) is 0 Å². The number of benzene rings is 3. The second kappa shape index (κ2) is 6.58. The van der Waals surface area contributed by atoms with Crippen molar-refractivity contribution in [2.24, 2.45) is 0 Å². The summed E-state index contributed by atoms with van der Waals surface area (Å²) in [6.07, 6.45) is 3.33. The van der Waals surface area contributed by atoms with Crippen LogP contribution in [0.1, 0.15) is 16.7 Å². The number of aliphatic hydroxyl groups is 1. The fourth-order valence-corrected chi connectivity index (χ4v) is 3.43. The average Bonchev–Trinajstić information content (AvgIpc) is 2.96. The Labute approximate surface area is 152 Å². The van der Waals surface area contributed by atoms with E-state index in [2.05, 4.69) is 0 Å². The lowest BCUT2D eigenvalue weighted by molar-refractivity contribution is -0.112. The summed E-state index contributed by atoms with van der Waals surface area (Å²) in [6, 6.07) is 28.5. The molecule has 1 unspecified atom stereocenters. The van der Waals surface area contributed by atoms with Crippen LogP contribution in [-0.4, -0.2) is 10.9 Å². The molecule has 126 valence electrons. The van der Waals surface area contributed by atoms with Gasteiger partial charge in [0.2, 0.25) is 0 Å². The third-order valence-corrected chi connectivity index (χ3v) is 4.71. The topological polar surface area (TPSA) is 37.3 Å². The Hall–Kier alpha value is -3.23. The van der Waals surface area contributed by atoms with Gasteiger partial charge >= 0.3 is 0 Å². The number of ketones is 1. The van der Waals surface area contributed by atoms with E-state index in [4.69, 9.17) is 0 Å². The molecule has 2 nitrogen and oxygen atoms in total. The molecule has 0 saturated heterocycles. The monoisotopic (exact) mass is 338 g/mol. The highest BCUT2D eigenvalue weighted by Gasteiger charge is 2.46. The number of rotatable bonds is 3. The zero-order valence-electron chi connectivity index (χ0n) is 14.2. The van der Waals surface area contributed by atoms with Crippen molar-refractivity contribution in [3.63, 3.8) is 0 Å². The van der Waals surface area contributed by atoms with Crippen LogP contribution in [0.15, 0.2) is 103 Å². The maximum atomic E-state index is 12.8. The largest absolute Gasteiger partial charge is 0.376 e. The molecule has 3 aromatic rings. The molecule has 1 aliphatic rings. The first-order valence-electron chi connectivity index (χ1n) is 8.56. The van der Waals surface area contributed by atoms with Gasteiger partial charge in [-0.15, -0.1) is 0 Å². The van der Waals surface area contributed by atoms with Crippen molar-refractivity contribution in [3.05, 3.63) is 119 Å². The van der Waals surface area contributed by atoms with Gasteiger partial charge in [0.15, 0.2) is 5.78 Å². The predicted molar refractivity (Wildman–Crippen MR) is 104 cm³/mol. The molecule has 0 spiro atoms. The zero-order valence-corrected chi connectivity index (χ0v) is 14.2. The minimum atomic E-state index is -1.48. The van der Waals surface area contributed by atoms with Crippen LogP contribution in [0, 0.1) is 0 Å². The fourth-order valence-electron chi connectivity index (χ4n) is 3.43. The lowest BCUT2D eigenvalue weighted by atomic mass is 9.80. The van der Waals surface area contributed by atoms with E-state index >= 15 is 0 Å². The van der Waals surface area contributed by atoms with Crippen molar-refractivity contribution < 1.29 is 9.90 Å². The van der Waals surface area contributed by atoms with E-state index < -0.39 is 5.60 Å². The summed E-state index contributed by atoms with van der Waals surface area (Å²) in [5, 5.41) is 11.8. The number of hydrogen-bond donors (Lipinski definition) is 1. The second-order valence-corrected chi connectivity index (χ2v) is 6.33. The van der Waals surface area contributed by atoms with Crippen LogP contribution < -0.4 is 0 Å². The Bertz CT molecular complexity index is 986. The summed E-state index contributed by atoms with van der Waals surface area (Å²) in [7, 11) is 0. The molecule has 0 heterocycles. The lowest BCUT2D eigenvalue weighted by Gasteiger charge is -2.29. The second-order valence-electron chi connectivity index (χ2n) is 6.33. The Balaban J connectivity index is 1.93. The summed E-state index contributed by atoms with van der Waals surface area (Å²) in [5.41, 5.74) is 1.90. The van der Waals surface area contributed by atoms with Crippen LogP contribution in [0.3, 0.4) is 0 Å². The van der Waals surface area contributed by atoms with Crippen molar-refractivity contribution >= 4 is 17.4 Å². The Kier molecular flexibility index (Phi) is 4.11. The molecule has 4 rings (SSSR count). The molecular weight excluding hydrogens is 320 g/mol. The van der Waals surface area contributed by atoms with Crippen LogP contribution in [-0.2, 0) is 10.4 Å². The Morgan fingerprint density at radius 3 is 1.88 bits per heavy atom. The van der Waals surface area contributed by atoms with Gasteiger partial charge in [-0.2, -0.15) is 0 Å². The van der Waals surface area contributed by atoms with Gasteiger partial charge < -0.3 is 5.11 Å². The van der Waals surface area contributed by atoms with Crippen molar-refractivity contribution in [3.8, 4) is 0 Å². The Morgan fingerprint density at radius 1 is 0.731 bits per heavy atom. The van der Waals surface area contributed by atoms with Gasteiger partial charge in [-0.3, -0.25) is 4.79 Å². The molecule has 0 bridgehead atoms. The third-order valence-electron chi connectivity index (χ3n) is 4.71. The number of hydrogen-bond acceptors (Lipinski definition) is 2. The quantitative estimate of drug-likeness (QED) is 0.707. The van der Waals surface area contributed by atoms with Gasteiger partial charge in [-0.05, 0) is 28.8 Å². The Morgan fingerprint density at radius 2 is 1.27 bits per heavy atom. The molecule has 0 radical (unpaired) electrons. The van der Waals surface area contributed by atoms with E-state index in [1.165, 1.54) is 0 Å². The normalized spacial score (nSPS) is 21.0. The predicted octanol–water partition coefficient (Wildman–Crippen LogP) is 4.62. The highest BCUT2D eigenvalue weighted by Crippen LogP contribution is 2.47. The maximum absolute atomic E-state index is 12.8. The lowest BCUT2D eigenvalue weighted by Crippen LogP contribution is -2.28. The highest BCUT2D eigenvalue weighted by molar-refractivity contribution is 6.20. The van der Waals surface area contributed by atoms with Crippen LogP contribution >= 0.6 is 0 Å². The summed E-state index contributed by atoms with van der Waals surface area (Å²) < 4.78 is 0. The molecule has 3 aromatic carbocycles. The van der Waals surface area contributed by atoms with Crippen LogP contribution in [0.2, 0.25) is 0 Å². The molecule has 0 aliphatic heterocycles. The standard InChI is InChI=1S/C24H18O2/c25-23-17-21(19-12-6-2-7-13-19)24(26,20-14-8-3-9-15-20)22(23)16-18-10-4-1-5-11-18/h1-17,26H. The van der Waals surface area contributed by atoms with Crippen LogP contribution in [0.25, 0.3) is 11.6 Å². The first-order valence-corrected chi connectivity index (χ1v) is 8.56. The van der Waals surface area contributed by atoms with Crippen molar-refractivity contribution in [1.29, 1.82) is 0 Å². The molecule has 0 aromatic heterocycles. The van der Waals surface area contributed by atoms with Crippen LogP contribution in [0.5, 0.6) is 0 Å². The highest BCUT2D eigenvalue weighted by atomic mass is 16.3. The average molecular weight is 338 g/mol. The summed E-state index contributed by atoms with van der Waals surface area (Å²) in [4.78, 5) is 12.8. The van der Waals surface area contributed by atoms with Crippen molar-refractivity contribution in [2.45, 2.75) is 5.60 Å². The smallest absolute Gasteiger partial charge is 0.185 e. The third kappa shape index (κ3) is 2.71. The molecule has 0 fully saturated rings. The van der Waals surface area contributed by atoms with Crippen molar-refractivity contribution in [1.82, 2.24) is 0 Å². The fraction of sp³-hybridized carbons (Fsp3) is 0.0417. The molecule has 26 heavy (non-hydrogen) atoms. The van der Waals surface area contributed by atoms with Crippen LogP contribution in [0.4, 0.5) is 0 Å². The van der Waals surface area contributed by atoms with E-state index in [1.54, 1.807) is 12.2 Å². The summed E-state index contributed by atoms with van der Waals surface area (Å²) in [6.45, 7) is 0. The van der Waals surface area contributed by atoms with Gasteiger partial charge in [0.1, 0.15) is 5.60 Å². The van der Waals surface area contributed by atoms with Gasteiger partial charge in [0.05, 0.1) is 0 Å². The molecule has 0 saturated carbocycles. The molecule has 0 amide bonds. The van der Waals surface area contributed by atoms with Gasteiger partial charge in [-0.1, -0.05) is 91.0 Å². The molecule has 1 aliphatic carbocycles. The van der Waals surface area contributed by atoms with E-state index in [1.807, 2.05) is 91.0 Å². The molecule has 1 N–H and O–H groups in total. The van der Waals surface area contributed by atoms with Crippen molar-refractivity contribution in [2.75, 3.05) is 0 Å². The van der Waals surface area contributed by atoms with E-state index in [0.717, 1.165) is 11.1 Å². The SMILES string of the molecule is O=C1C=C(c2ccccc2)C(O)(c2ccccc2)C1=Cc1ccccc1.